The van der Waals surface area contributed by atoms with Crippen molar-refractivity contribution in [2.75, 3.05) is 11.9 Å². The molecule has 0 atom stereocenters. The molecule has 0 saturated carbocycles. The van der Waals surface area contributed by atoms with Crippen LogP contribution in [0.5, 0.6) is 0 Å². The summed E-state index contributed by atoms with van der Waals surface area (Å²) in [6, 6.07) is 3.79. The largest absolute Gasteiger partial charge is 0.347 e. The summed E-state index contributed by atoms with van der Waals surface area (Å²) in [4.78, 5) is 27.2. The molecule has 0 radical (unpaired) electrons. The monoisotopic (exact) mass is 340 g/mol. The number of anilines is 1. The molecular formula is C15H15F3N4O2. The Labute approximate surface area is 135 Å². The van der Waals surface area contributed by atoms with Crippen LogP contribution < -0.4 is 10.6 Å². The molecule has 1 heterocycles. The van der Waals surface area contributed by atoms with E-state index in [2.05, 4.69) is 15.6 Å². The van der Waals surface area contributed by atoms with Gasteiger partial charge in [-0.15, -0.1) is 0 Å². The molecule has 0 unspecified atom stereocenters. The third-order valence-electron chi connectivity index (χ3n) is 3.25. The van der Waals surface area contributed by atoms with Gasteiger partial charge in [0.05, 0.1) is 0 Å². The van der Waals surface area contributed by atoms with Crippen molar-refractivity contribution in [3.63, 3.8) is 0 Å². The molecule has 0 aliphatic rings. The fraction of sp³-hybridized carbons (Fsp3) is 0.267. The molecule has 6 nitrogen and oxygen atoms in total. The standard InChI is InChI=1S/C15H15F3N4O2/c1-9-2-3-10(16)8-11(9)21-14(24)13(23)20-5-4-12-19-6-7-22(12)15(17)18/h2-3,6-8,15H,4-5H2,1H3,(H,20,23)(H,21,24). The van der Waals surface area contributed by atoms with E-state index in [9.17, 15) is 22.8 Å². The fourth-order valence-corrected chi connectivity index (χ4v) is 1.99. The number of aromatic nitrogens is 2. The number of halogens is 3. The molecule has 24 heavy (non-hydrogen) atoms. The number of hydrogen-bond acceptors (Lipinski definition) is 3. The van der Waals surface area contributed by atoms with Crippen molar-refractivity contribution in [2.24, 2.45) is 0 Å². The molecular weight excluding hydrogens is 325 g/mol. The molecule has 2 N–H and O–H groups in total. The van der Waals surface area contributed by atoms with Crippen LogP contribution in [0.25, 0.3) is 0 Å². The van der Waals surface area contributed by atoms with Gasteiger partial charge in [-0.2, -0.15) is 8.78 Å². The Kier molecular flexibility index (Phi) is 5.56. The van der Waals surface area contributed by atoms with Crippen LogP contribution in [-0.4, -0.2) is 27.9 Å². The third kappa shape index (κ3) is 4.34. The van der Waals surface area contributed by atoms with Gasteiger partial charge < -0.3 is 10.6 Å². The molecule has 2 rings (SSSR count). The maximum absolute atomic E-state index is 13.1. The quantitative estimate of drug-likeness (QED) is 0.818. The number of imidazole rings is 1. The number of rotatable bonds is 5. The van der Waals surface area contributed by atoms with E-state index >= 15 is 0 Å². The number of amides is 2. The van der Waals surface area contributed by atoms with Crippen molar-refractivity contribution in [2.45, 2.75) is 19.9 Å². The molecule has 128 valence electrons. The molecule has 2 amide bonds. The highest BCUT2D eigenvalue weighted by atomic mass is 19.3. The lowest BCUT2D eigenvalue weighted by molar-refractivity contribution is -0.136. The molecule has 1 aromatic heterocycles. The van der Waals surface area contributed by atoms with Crippen LogP contribution in [-0.2, 0) is 16.0 Å². The molecule has 0 aliphatic heterocycles. The zero-order valence-corrected chi connectivity index (χ0v) is 12.7. The Balaban J connectivity index is 1.87. The van der Waals surface area contributed by atoms with Gasteiger partial charge in [-0.1, -0.05) is 6.07 Å². The summed E-state index contributed by atoms with van der Waals surface area (Å²) in [6.45, 7) is -1.12. The predicted molar refractivity (Wildman–Crippen MR) is 80.0 cm³/mol. The van der Waals surface area contributed by atoms with E-state index in [1.54, 1.807) is 6.92 Å². The van der Waals surface area contributed by atoms with Gasteiger partial charge in [0.2, 0.25) is 0 Å². The molecule has 2 aromatic rings. The fourth-order valence-electron chi connectivity index (χ4n) is 1.99. The van der Waals surface area contributed by atoms with Gasteiger partial charge in [0.25, 0.3) is 0 Å². The van der Waals surface area contributed by atoms with Gasteiger partial charge in [-0.25, -0.2) is 9.37 Å². The van der Waals surface area contributed by atoms with Gasteiger partial charge in [0, 0.05) is 31.0 Å². The molecule has 0 saturated heterocycles. The molecule has 0 aliphatic carbocycles. The lowest BCUT2D eigenvalue weighted by Gasteiger charge is -2.09. The van der Waals surface area contributed by atoms with Crippen molar-refractivity contribution in [1.29, 1.82) is 0 Å². The van der Waals surface area contributed by atoms with E-state index < -0.39 is 24.2 Å². The molecule has 0 fully saturated rings. The number of carbonyl (C=O) groups excluding carboxylic acids is 2. The van der Waals surface area contributed by atoms with Crippen molar-refractivity contribution >= 4 is 17.5 Å². The Morgan fingerprint density at radius 1 is 1.29 bits per heavy atom. The second-order valence-corrected chi connectivity index (χ2v) is 4.95. The minimum Gasteiger partial charge on any atom is -0.347 e. The second-order valence-electron chi connectivity index (χ2n) is 4.95. The SMILES string of the molecule is Cc1ccc(F)cc1NC(=O)C(=O)NCCc1nccn1C(F)F. The summed E-state index contributed by atoms with van der Waals surface area (Å²) in [5.41, 5.74) is 0.778. The summed E-state index contributed by atoms with van der Waals surface area (Å²) >= 11 is 0. The Bertz CT molecular complexity index is 746. The first kappa shape index (κ1) is 17.5. The number of nitrogens with zero attached hydrogens (tertiary/aromatic N) is 2. The summed E-state index contributed by atoms with van der Waals surface area (Å²) in [7, 11) is 0. The van der Waals surface area contributed by atoms with Gasteiger partial charge >= 0.3 is 18.4 Å². The minimum absolute atomic E-state index is 0.0371. The van der Waals surface area contributed by atoms with Gasteiger partial charge in [-0.3, -0.25) is 14.2 Å². The van der Waals surface area contributed by atoms with Crippen LogP contribution in [0.2, 0.25) is 0 Å². The first-order valence-electron chi connectivity index (χ1n) is 7.03. The van der Waals surface area contributed by atoms with Gasteiger partial charge in [0.15, 0.2) is 0 Å². The zero-order valence-electron chi connectivity index (χ0n) is 12.7. The number of hydrogen-bond donors (Lipinski definition) is 2. The van der Waals surface area contributed by atoms with Crippen LogP contribution in [0, 0.1) is 12.7 Å². The predicted octanol–water partition coefficient (Wildman–Crippen LogP) is 2.02. The zero-order chi connectivity index (χ0) is 17.7. The van der Waals surface area contributed by atoms with Crippen molar-refractivity contribution in [3.05, 3.63) is 47.8 Å². The average Bonchev–Trinajstić information content (AvgIpc) is 2.99. The number of aryl methyl sites for hydroxylation is 1. The Hall–Kier alpha value is -2.84. The van der Waals surface area contributed by atoms with E-state index in [0.717, 1.165) is 12.3 Å². The molecule has 9 heteroatoms. The summed E-state index contributed by atoms with van der Waals surface area (Å²) in [6.07, 6.45) is 2.39. The van der Waals surface area contributed by atoms with Crippen molar-refractivity contribution < 1.29 is 22.8 Å². The molecule has 1 aromatic carbocycles. The number of benzene rings is 1. The van der Waals surface area contributed by atoms with Gasteiger partial charge in [0.1, 0.15) is 11.6 Å². The topological polar surface area (TPSA) is 76.0 Å². The van der Waals surface area contributed by atoms with E-state index in [1.165, 1.54) is 18.3 Å². The summed E-state index contributed by atoms with van der Waals surface area (Å²) in [5.74, 6) is -2.38. The highest BCUT2D eigenvalue weighted by molar-refractivity contribution is 6.39. The van der Waals surface area contributed by atoms with E-state index in [4.69, 9.17) is 0 Å². The van der Waals surface area contributed by atoms with E-state index in [-0.39, 0.29) is 24.5 Å². The van der Waals surface area contributed by atoms with Crippen LogP contribution in [0.4, 0.5) is 18.9 Å². The molecule has 0 bridgehead atoms. The van der Waals surface area contributed by atoms with E-state index in [1.807, 2.05) is 0 Å². The second kappa shape index (κ2) is 7.62. The van der Waals surface area contributed by atoms with E-state index in [0.29, 0.717) is 10.1 Å². The Morgan fingerprint density at radius 3 is 2.75 bits per heavy atom. The van der Waals surface area contributed by atoms with Gasteiger partial charge in [-0.05, 0) is 24.6 Å². The smallest absolute Gasteiger partial charge is 0.319 e. The van der Waals surface area contributed by atoms with Crippen LogP contribution in [0.3, 0.4) is 0 Å². The highest BCUT2D eigenvalue weighted by Crippen LogP contribution is 2.15. The summed E-state index contributed by atoms with van der Waals surface area (Å²) in [5, 5.41) is 4.59. The Morgan fingerprint density at radius 2 is 2.04 bits per heavy atom. The van der Waals surface area contributed by atoms with Crippen LogP contribution >= 0.6 is 0 Å². The average molecular weight is 340 g/mol. The summed E-state index contributed by atoms with van der Waals surface area (Å²) < 4.78 is 39.1. The first-order valence-corrected chi connectivity index (χ1v) is 7.03. The lowest BCUT2D eigenvalue weighted by Crippen LogP contribution is -2.36. The normalized spacial score (nSPS) is 10.7. The maximum Gasteiger partial charge on any atom is 0.319 e. The number of nitrogens with one attached hydrogen (secondary N) is 2. The first-order chi connectivity index (χ1) is 11.4. The van der Waals surface area contributed by atoms with Crippen molar-refractivity contribution in [3.8, 4) is 0 Å². The number of carbonyl (C=O) groups is 2. The lowest BCUT2D eigenvalue weighted by atomic mass is 10.2. The molecule has 0 spiro atoms. The highest BCUT2D eigenvalue weighted by Gasteiger charge is 2.16. The van der Waals surface area contributed by atoms with Crippen LogP contribution in [0.1, 0.15) is 17.9 Å². The number of alkyl halides is 2. The minimum atomic E-state index is -2.72. The van der Waals surface area contributed by atoms with Crippen LogP contribution in [0.15, 0.2) is 30.6 Å². The van der Waals surface area contributed by atoms with Crippen molar-refractivity contribution in [1.82, 2.24) is 14.9 Å². The maximum atomic E-state index is 13.1. The third-order valence-corrected chi connectivity index (χ3v) is 3.25.